The van der Waals surface area contributed by atoms with Crippen LogP contribution in [0.25, 0.3) is 0 Å². The van der Waals surface area contributed by atoms with E-state index in [0.717, 1.165) is 37.2 Å². The molecule has 1 aliphatic rings. The summed E-state index contributed by atoms with van der Waals surface area (Å²) in [6, 6.07) is 15.4. The largest absolute Gasteiger partial charge is 0.341 e. The van der Waals surface area contributed by atoms with E-state index in [1.54, 1.807) is 18.2 Å². The standard InChI is InChI=1S/C23H31N3O3S/c1-19-9-10-22(17-20(19)2)30(28,29)24-12-11-23(27)26-14-6-13-25(15-16-26)18-21-7-4-3-5-8-21/h3-5,7-10,17,24H,6,11-16,18H2,1-2H3. The normalized spacial score (nSPS) is 15.7. The smallest absolute Gasteiger partial charge is 0.240 e. The molecule has 0 aromatic heterocycles. The predicted octanol–water partition coefficient (Wildman–Crippen LogP) is 2.71. The third kappa shape index (κ3) is 6.14. The number of amides is 1. The van der Waals surface area contributed by atoms with E-state index in [0.29, 0.717) is 13.1 Å². The third-order valence-corrected chi connectivity index (χ3v) is 7.07. The summed E-state index contributed by atoms with van der Waals surface area (Å²) in [5.74, 6) is -0.000604. The Hall–Kier alpha value is -2.22. The number of carbonyl (C=O) groups excluding carboxylic acids is 1. The molecule has 2 aromatic rings. The van der Waals surface area contributed by atoms with Crippen molar-refractivity contribution in [2.24, 2.45) is 0 Å². The zero-order valence-electron chi connectivity index (χ0n) is 17.8. The molecule has 0 atom stereocenters. The second kappa shape index (κ2) is 10.2. The summed E-state index contributed by atoms with van der Waals surface area (Å²) in [4.78, 5) is 17.1. The van der Waals surface area contributed by atoms with Crippen molar-refractivity contribution in [3.05, 3.63) is 65.2 Å². The first-order chi connectivity index (χ1) is 14.3. The van der Waals surface area contributed by atoms with E-state index in [-0.39, 0.29) is 23.8 Å². The zero-order chi connectivity index (χ0) is 21.6. The molecule has 2 aromatic carbocycles. The maximum Gasteiger partial charge on any atom is 0.240 e. The van der Waals surface area contributed by atoms with Gasteiger partial charge in [-0.2, -0.15) is 0 Å². The van der Waals surface area contributed by atoms with Crippen LogP contribution in [0.3, 0.4) is 0 Å². The van der Waals surface area contributed by atoms with E-state index in [1.807, 2.05) is 36.9 Å². The van der Waals surface area contributed by atoms with E-state index < -0.39 is 10.0 Å². The minimum Gasteiger partial charge on any atom is -0.341 e. The first-order valence-corrected chi connectivity index (χ1v) is 11.9. The average molecular weight is 430 g/mol. The molecule has 1 N–H and O–H groups in total. The van der Waals surface area contributed by atoms with Crippen molar-refractivity contribution >= 4 is 15.9 Å². The molecule has 1 aliphatic heterocycles. The Kier molecular flexibility index (Phi) is 7.64. The molecule has 30 heavy (non-hydrogen) atoms. The Balaban J connectivity index is 1.47. The zero-order valence-corrected chi connectivity index (χ0v) is 18.6. The molecule has 0 aliphatic carbocycles. The summed E-state index contributed by atoms with van der Waals surface area (Å²) < 4.78 is 27.5. The highest BCUT2D eigenvalue weighted by atomic mass is 32.2. The van der Waals surface area contributed by atoms with Crippen LogP contribution in [0, 0.1) is 13.8 Å². The van der Waals surface area contributed by atoms with Crippen LogP contribution >= 0.6 is 0 Å². The van der Waals surface area contributed by atoms with Crippen molar-refractivity contribution in [3.8, 4) is 0 Å². The van der Waals surface area contributed by atoms with E-state index in [2.05, 4.69) is 21.8 Å². The van der Waals surface area contributed by atoms with Gasteiger partial charge in [-0.05, 0) is 49.1 Å². The van der Waals surface area contributed by atoms with E-state index in [4.69, 9.17) is 0 Å². The van der Waals surface area contributed by atoms with Gasteiger partial charge < -0.3 is 4.90 Å². The van der Waals surface area contributed by atoms with Gasteiger partial charge in [-0.1, -0.05) is 36.4 Å². The third-order valence-electron chi connectivity index (χ3n) is 5.61. The molecule has 3 rings (SSSR count). The molecule has 0 radical (unpaired) electrons. The van der Waals surface area contributed by atoms with Gasteiger partial charge in [0.15, 0.2) is 0 Å². The minimum atomic E-state index is -3.61. The first kappa shape index (κ1) is 22.5. The summed E-state index contributed by atoms with van der Waals surface area (Å²) in [6.45, 7) is 8.01. The SMILES string of the molecule is Cc1ccc(S(=O)(=O)NCCC(=O)N2CCCN(Cc3ccccc3)CC2)cc1C. The average Bonchev–Trinajstić information content (AvgIpc) is 2.96. The van der Waals surface area contributed by atoms with E-state index >= 15 is 0 Å². The number of nitrogens with zero attached hydrogens (tertiary/aromatic N) is 2. The van der Waals surface area contributed by atoms with Gasteiger partial charge in [0.05, 0.1) is 4.90 Å². The molecule has 0 unspecified atom stereocenters. The lowest BCUT2D eigenvalue weighted by Gasteiger charge is -2.22. The molecular weight excluding hydrogens is 398 g/mol. The van der Waals surface area contributed by atoms with Gasteiger partial charge in [-0.15, -0.1) is 0 Å². The fraction of sp³-hybridized carbons (Fsp3) is 0.435. The molecule has 162 valence electrons. The molecule has 7 heteroatoms. The summed E-state index contributed by atoms with van der Waals surface area (Å²) in [7, 11) is -3.61. The highest BCUT2D eigenvalue weighted by Crippen LogP contribution is 2.15. The Morgan fingerprint density at radius 1 is 0.967 bits per heavy atom. The maximum atomic E-state index is 12.6. The molecule has 0 spiro atoms. The number of hydrogen-bond donors (Lipinski definition) is 1. The number of hydrogen-bond acceptors (Lipinski definition) is 4. The van der Waals surface area contributed by atoms with Gasteiger partial charge in [-0.3, -0.25) is 9.69 Å². The van der Waals surface area contributed by atoms with Crippen LogP contribution in [-0.2, 0) is 21.4 Å². The minimum absolute atomic E-state index is 0.000604. The Morgan fingerprint density at radius 2 is 1.73 bits per heavy atom. The summed E-state index contributed by atoms with van der Waals surface area (Å²) in [6.07, 6.45) is 1.09. The number of sulfonamides is 1. The van der Waals surface area contributed by atoms with Crippen molar-refractivity contribution in [1.82, 2.24) is 14.5 Å². The van der Waals surface area contributed by atoms with Crippen LogP contribution in [0.5, 0.6) is 0 Å². The second-order valence-corrected chi connectivity index (χ2v) is 9.66. The lowest BCUT2D eigenvalue weighted by atomic mass is 10.1. The number of benzene rings is 2. The highest BCUT2D eigenvalue weighted by molar-refractivity contribution is 7.89. The fourth-order valence-corrected chi connectivity index (χ4v) is 4.75. The Labute approximate surface area is 179 Å². The second-order valence-electron chi connectivity index (χ2n) is 7.89. The summed E-state index contributed by atoms with van der Waals surface area (Å²) >= 11 is 0. The molecule has 1 amide bonds. The monoisotopic (exact) mass is 429 g/mol. The highest BCUT2D eigenvalue weighted by Gasteiger charge is 2.20. The van der Waals surface area contributed by atoms with Crippen LogP contribution in [0.2, 0.25) is 0 Å². The molecular formula is C23H31N3O3S. The lowest BCUT2D eigenvalue weighted by molar-refractivity contribution is -0.130. The molecule has 0 bridgehead atoms. The molecule has 1 fully saturated rings. The van der Waals surface area contributed by atoms with Crippen LogP contribution in [0.4, 0.5) is 0 Å². The summed E-state index contributed by atoms with van der Waals surface area (Å²) in [5.41, 5.74) is 3.25. The van der Waals surface area contributed by atoms with Gasteiger partial charge in [0, 0.05) is 45.7 Å². The molecule has 6 nitrogen and oxygen atoms in total. The van der Waals surface area contributed by atoms with Crippen molar-refractivity contribution in [3.63, 3.8) is 0 Å². The summed E-state index contributed by atoms with van der Waals surface area (Å²) in [5, 5.41) is 0. The molecule has 1 saturated heterocycles. The fourth-order valence-electron chi connectivity index (χ4n) is 3.63. The van der Waals surface area contributed by atoms with Gasteiger partial charge in [0.25, 0.3) is 0 Å². The topological polar surface area (TPSA) is 69.7 Å². The first-order valence-electron chi connectivity index (χ1n) is 10.5. The van der Waals surface area contributed by atoms with Crippen LogP contribution in [0.15, 0.2) is 53.4 Å². The molecule has 1 heterocycles. The van der Waals surface area contributed by atoms with Crippen LogP contribution in [0.1, 0.15) is 29.5 Å². The quantitative estimate of drug-likeness (QED) is 0.735. The van der Waals surface area contributed by atoms with Crippen molar-refractivity contribution < 1.29 is 13.2 Å². The van der Waals surface area contributed by atoms with Crippen molar-refractivity contribution in [1.29, 1.82) is 0 Å². The number of aryl methyl sites for hydroxylation is 2. The Bertz CT molecular complexity index is 961. The van der Waals surface area contributed by atoms with Gasteiger partial charge in [0.1, 0.15) is 0 Å². The number of carbonyl (C=O) groups is 1. The lowest BCUT2D eigenvalue weighted by Crippen LogP contribution is -2.37. The Morgan fingerprint density at radius 3 is 2.47 bits per heavy atom. The molecule has 0 saturated carbocycles. The number of rotatable bonds is 7. The predicted molar refractivity (Wildman–Crippen MR) is 119 cm³/mol. The van der Waals surface area contributed by atoms with Crippen LogP contribution in [-0.4, -0.2) is 56.8 Å². The van der Waals surface area contributed by atoms with Gasteiger partial charge >= 0.3 is 0 Å². The van der Waals surface area contributed by atoms with E-state index in [1.165, 1.54) is 5.56 Å². The van der Waals surface area contributed by atoms with Crippen LogP contribution < -0.4 is 4.72 Å². The van der Waals surface area contributed by atoms with Crippen molar-refractivity contribution in [2.45, 2.75) is 38.1 Å². The van der Waals surface area contributed by atoms with E-state index in [9.17, 15) is 13.2 Å². The van der Waals surface area contributed by atoms with Crippen molar-refractivity contribution in [2.75, 3.05) is 32.7 Å². The maximum absolute atomic E-state index is 12.6. The van der Waals surface area contributed by atoms with Gasteiger partial charge in [0.2, 0.25) is 15.9 Å². The number of nitrogens with one attached hydrogen (secondary N) is 1. The van der Waals surface area contributed by atoms with Gasteiger partial charge in [-0.25, -0.2) is 13.1 Å².